The van der Waals surface area contributed by atoms with Crippen LogP contribution in [0.3, 0.4) is 0 Å². The summed E-state index contributed by atoms with van der Waals surface area (Å²) >= 11 is 1.44. The molecule has 1 aliphatic carbocycles. The summed E-state index contributed by atoms with van der Waals surface area (Å²) in [4.78, 5) is 0. The predicted octanol–water partition coefficient (Wildman–Crippen LogP) is 2.99. The Hall–Kier alpha value is -0.480. The van der Waals surface area contributed by atoms with Crippen molar-refractivity contribution in [2.45, 2.75) is 58.0 Å². The molecular formula is C12H21N3S. The minimum Gasteiger partial charge on any atom is -0.308 e. The molecule has 0 aliphatic heterocycles. The first-order chi connectivity index (χ1) is 7.90. The zero-order valence-corrected chi connectivity index (χ0v) is 10.8. The summed E-state index contributed by atoms with van der Waals surface area (Å²) in [6, 6.07) is 0.716. The molecule has 0 spiro atoms. The Labute approximate surface area is 102 Å². The molecule has 1 saturated carbocycles. The first-order valence-corrected chi connectivity index (χ1v) is 7.23. The van der Waals surface area contributed by atoms with Gasteiger partial charge in [0.1, 0.15) is 0 Å². The Balaban J connectivity index is 1.75. The van der Waals surface area contributed by atoms with Crippen molar-refractivity contribution in [2.75, 3.05) is 0 Å². The maximum absolute atomic E-state index is 4.07. The topological polar surface area (TPSA) is 37.8 Å². The van der Waals surface area contributed by atoms with E-state index in [1.807, 2.05) is 5.38 Å². The molecule has 2 unspecified atom stereocenters. The highest BCUT2D eigenvalue weighted by Gasteiger charge is 2.26. The molecule has 1 N–H and O–H groups in total. The van der Waals surface area contributed by atoms with E-state index in [2.05, 4.69) is 21.8 Å². The Morgan fingerprint density at radius 1 is 1.50 bits per heavy atom. The maximum Gasteiger partial charge on any atom is 0.0893 e. The number of hydrogen-bond acceptors (Lipinski definition) is 4. The van der Waals surface area contributed by atoms with Crippen molar-refractivity contribution < 1.29 is 0 Å². The molecule has 4 heteroatoms. The third-order valence-corrected chi connectivity index (χ3v) is 4.09. The van der Waals surface area contributed by atoms with Gasteiger partial charge in [-0.25, -0.2) is 0 Å². The fourth-order valence-corrected chi connectivity index (χ4v) is 3.07. The van der Waals surface area contributed by atoms with Crippen molar-refractivity contribution in [3.05, 3.63) is 11.1 Å². The Kier molecular flexibility index (Phi) is 4.72. The summed E-state index contributed by atoms with van der Waals surface area (Å²) < 4.78 is 3.89. The van der Waals surface area contributed by atoms with Gasteiger partial charge in [0.2, 0.25) is 0 Å². The fraction of sp³-hybridized carbons (Fsp3) is 0.833. The van der Waals surface area contributed by atoms with Gasteiger partial charge in [-0.2, -0.15) is 0 Å². The number of nitrogens with zero attached hydrogens (tertiary/aromatic N) is 2. The highest BCUT2D eigenvalue weighted by Crippen LogP contribution is 2.29. The third-order valence-electron chi connectivity index (χ3n) is 3.54. The van der Waals surface area contributed by atoms with E-state index in [1.54, 1.807) is 0 Å². The van der Waals surface area contributed by atoms with Gasteiger partial charge in [0.25, 0.3) is 0 Å². The van der Waals surface area contributed by atoms with Crippen molar-refractivity contribution in [3.8, 4) is 0 Å². The highest BCUT2D eigenvalue weighted by atomic mass is 32.1. The van der Waals surface area contributed by atoms with Crippen LogP contribution in [0.4, 0.5) is 0 Å². The molecule has 2 atom stereocenters. The molecule has 0 amide bonds. The molecular weight excluding hydrogens is 218 g/mol. The van der Waals surface area contributed by atoms with Crippen LogP contribution in [0.1, 0.15) is 51.1 Å². The van der Waals surface area contributed by atoms with Crippen molar-refractivity contribution in [1.29, 1.82) is 0 Å². The Morgan fingerprint density at radius 2 is 2.44 bits per heavy atom. The molecule has 0 bridgehead atoms. The van der Waals surface area contributed by atoms with Crippen LogP contribution in [0, 0.1) is 5.92 Å². The van der Waals surface area contributed by atoms with Crippen molar-refractivity contribution >= 4 is 11.5 Å². The lowest BCUT2D eigenvalue weighted by Gasteiger charge is -2.20. The van der Waals surface area contributed by atoms with Gasteiger partial charge in [-0.05, 0) is 36.7 Å². The van der Waals surface area contributed by atoms with Crippen molar-refractivity contribution in [2.24, 2.45) is 5.92 Å². The summed E-state index contributed by atoms with van der Waals surface area (Å²) in [7, 11) is 0. The molecule has 1 aliphatic rings. The van der Waals surface area contributed by atoms with E-state index in [0.717, 1.165) is 18.2 Å². The van der Waals surface area contributed by atoms with E-state index in [4.69, 9.17) is 0 Å². The van der Waals surface area contributed by atoms with Gasteiger partial charge in [0, 0.05) is 18.0 Å². The zero-order valence-electron chi connectivity index (χ0n) is 9.98. The lowest BCUT2D eigenvalue weighted by atomic mass is 9.97. The van der Waals surface area contributed by atoms with Gasteiger partial charge in [-0.15, -0.1) is 5.10 Å². The molecule has 1 fully saturated rings. The van der Waals surface area contributed by atoms with E-state index < -0.39 is 0 Å². The standard InChI is InChI=1S/C12H21N3S/c1-2-3-5-10-6-4-7-12(10)13-8-11-9-16-15-14-11/h9-10,12-13H,2-8H2,1H3. The number of unbranched alkanes of at least 4 members (excludes halogenated alkanes) is 1. The van der Waals surface area contributed by atoms with Gasteiger partial charge < -0.3 is 5.32 Å². The second-order valence-electron chi connectivity index (χ2n) is 4.72. The summed E-state index contributed by atoms with van der Waals surface area (Å²) in [5, 5.41) is 9.75. The van der Waals surface area contributed by atoms with Crippen LogP contribution in [-0.2, 0) is 6.54 Å². The monoisotopic (exact) mass is 239 g/mol. The van der Waals surface area contributed by atoms with Crippen LogP contribution >= 0.6 is 11.5 Å². The molecule has 3 nitrogen and oxygen atoms in total. The lowest BCUT2D eigenvalue weighted by Crippen LogP contribution is -2.32. The van der Waals surface area contributed by atoms with Gasteiger partial charge >= 0.3 is 0 Å². The molecule has 1 aromatic heterocycles. The van der Waals surface area contributed by atoms with Crippen LogP contribution in [0.15, 0.2) is 5.38 Å². The number of hydrogen-bond donors (Lipinski definition) is 1. The summed E-state index contributed by atoms with van der Waals surface area (Å²) in [5.41, 5.74) is 1.09. The number of rotatable bonds is 6. The number of nitrogens with one attached hydrogen (secondary N) is 1. The zero-order chi connectivity index (χ0) is 11.2. The van der Waals surface area contributed by atoms with Crippen LogP contribution in [0.25, 0.3) is 0 Å². The molecule has 1 aromatic rings. The van der Waals surface area contributed by atoms with Crippen LogP contribution < -0.4 is 5.32 Å². The summed E-state index contributed by atoms with van der Waals surface area (Å²) in [6.45, 7) is 3.17. The minimum absolute atomic E-state index is 0.716. The molecule has 0 aromatic carbocycles. The second-order valence-corrected chi connectivity index (χ2v) is 5.33. The van der Waals surface area contributed by atoms with Crippen LogP contribution in [0.2, 0.25) is 0 Å². The minimum atomic E-state index is 0.716. The van der Waals surface area contributed by atoms with E-state index >= 15 is 0 Å². The summed E-state index contributed by atoms with van der Waals surface area (Å²) in [5.74, 6) is 0.895. The average Bonchev–Trinajstić information content (AvgIpc) is 2.94. The average molecular weight is 239 g/mol. The maximum atomic E-state index is 4.07. The van der Waals surface area contributed by atoms with Crippen LogP contribution in [0.5, 0.6) is 0 Å². The second kappa shape index (κ2) is 6.30. The van der Waals surface area contributed by atoms with Crippen molar-refractivity contribution in [3.63, 3.8) is 0 Å². The highest BCUT2D eigenvalue weighted by molar-refractivity contribution is 7.03. The van der Waals surface area contributed by atoms with Crippen LogP contribution in [-0.4, -0.2) is 15.6 Å². The summed E-state index contributed by atoms with van der Waals surface area (Å²) in [6.07, 6.45) is 8.23. The van der Waals surface area contributed by atoms with Crippen molar-refractivity contribution in [1.82, 2.24) is 14.9 Å². The molecule has 0 saturated heterocycles. The van der Waals surface area contributed by atoms with E-state index in [0.29, 0.717) is 6.04 Å². The molecule has 90 valence electrons. The predicted molar refractivity (Wildman–Crippen MR) is 67.4 cm³/mol. The Bertz CT molecular complexity index is 286. The molecule has 2 rings (SSSR count). The molecule has 1 heterocycles. The van der Waals surface area contributed by atoms with E-state index in [9.17, 15) is 0 Å². The van der Waals surface area contributed by atoms with Gasteiger partial charge in [-0.3, -0.25) is 0 Å². The van der Waals surface area contributed by atoms with Gasteiger partial charge in [0.15, 0.2) is 0 Å². The van der Waals surface area contributed by atoms with Gasteiger partial charge in [-0.1, -0.05) is 30.7 Å². The first kappa shape index (κ1) is 12.0. The first-order valence-electron chi connectivity index (χ1n) is 6.39. The quantitative estimate of drug-likeness (QED) is 0.829. The lowest BCUT2D eigenvalue weighted by molar-refractivity contribution is 0.367. The number of aromatic nitrogens is 2. The van der Waals surface area contributed by atoms with E-state index in [1.165, 1.54) is 50.1 Å². The van der Waals surface area contributed by atoms with E-state index in [-0.39, 0.29) is 0 Å². The normalized spacial score (nSPS) is 25.1. The third kappa shape index (κ3) is 3.25. The largest absolute Gasteiger partial charge is 0.308 e. The molecule has 16 heavy (non-hydrogen) atoms. The Morgan fingerprint density at radius 3 is 3.19 bits per heavy atom. The van der Waals surface area contributed by atoms with Gasteiger partial charge in [0.05, 0.1) is 5.69 Å². The smallest absolute Gasteiger partial charge is 0.0893 e. The fourth-order valence-electron chi connectivity index (χ4n) is 2.61. The SMILES string of the molecule is CCCCC1CCCC1NCc1csnn1. The molecule has 0 radical (unpaired) electrons.